The SMILES string of the molecule is CC(C)N1CCCS1(=O)=O. The molecule has 0 aromatic heterocycles. The van der Waals surface area contributed by atoms with Gasteiger partial charge in [0.2, 0.25) is 10.0 Å². The van der Waals surface area contributed by atoms with E-state index in [0.717, 1.165) is 6.42 Å². The van der Waals surface area contributed by atoms with Crippen molar-refractivity contribution in [1.29, 1.82) is 0 Å². The minimum atomic E-state index is -2.85. The molecule has 1 heterocycles. The minimum absolute atomic E-state index is 0.132. The number of rotatable bonds is 1. The molecule has 4 heteroatoms. The van der Waals surface area contributed by atoms with Gasteiger partial charge < -0.3 is 0 Å². The van der Waals surface area contributed by atoms with E-state index < -0.39 is 10.0 Å². The summed E-state index contributed by atoms with van der Waals surface area (Å²) >= 11 is 0. The molecule has 0 radical (unpaired) electrons. The molecule has 0 atom stereocenters. The third-order valence-electron chi connectivity index (χ3n) is 1.71. The number of hydrogen-bond donors (Lipinski definition) is 0. The Hall–Kier alpha value is -0.0900. The van der Waals surface area contributed by atoms with E-state index in [1.165, 1.54) is 0 Å². The molecule has 1 fully saturated rings. The minimum Gasteiger partial charge on any atom is -0.212 e. The van der Waals surface area contributed by atoms with Crippen molar-refractivity contribution >= 4 is 10.0 Å². The Morgan fingerprint density at radius 2 is 2.00 bits per heavy atom. The summed E-state index contributed by atoms with van der Waals surface area (Å²) in [5, 5.41) is 0. The van der Waals surface area contributed by atoms with Crippen molar-refractivity contribution in [1.82, 2.24) is 4.31 Å². The van der Waals surface area contributed by atoms with Crippen molar-refractivity contribution in [3.8, 4) is 0 Å². The molecule has 0 amide bonds. The second-order valence-corrected chi connectivity index (χ2v) is 4.92. The van der Waals surface area contributed by atoms with Crippen LogP contribution in [0.1, 0.15) is 20.3 Å². The average Bonchev–Trinajstić information content (AvgIpc) is 2.08. The van der Waals surface area contributed by atoms with Gasteiger partial charge in [0.25, 0.3) is 0 Å². The summed E-state index contributed by atoms with van der Waals surface area (Å²) < 4.78 is 23.8. The summed E-state index contributed by atoms with van der Waals surface area (Å²) in [5.41, 5.74) is 0. The molecule has 0 aromatic carbocycles. The quantitative estimate of drug-likeness (QED) is 0.562. The van der Waals surface area contributed by atoms with Crippen molar-refractivity contribution in [2.45, 2.75) is 26.3 Å². The summed E-state index contributed by atoms with van der Waals surface area (Å²) in [6.07, 6.45) is 0.792. The summed E-state index contributed by atoms with van der Waals surface area (Å²) in [6.45, 7) is 4.52. The van der Waals surface area contributed by atoms with Crippen LogP contribution >= 0.6 is 0 Å². The lowest BCUT2D eigenvalue weighted by atomic mass is 10.4. The zero-order valence-corrected chi connectivity index (χ0v) is 7.19. The van der Waals surface area contributed by atoms with Gasteiger partial charge in [-0.15, -0.1) is 0 Å². The van der Waals surface area contributed by atoms with Crippen LogP contribution in [0.3, 0.4) is 0 Å². The molecule has 0 N–H and O–H groups in total. The van der Waals surface area contributed by atoms with Gasteiger partial charge in [-0.3, -0.25) is 0 Å². The lowest BCUT2D eigenvalue weighted by Crippen LogP contribution is -2.32. The van der Waals surface area contributed by atoms with E-state index in [4.69, 9.17) is 0 Å². The summed E-state index contributed by atoms with van der Waals surface area (Å²) in [6, 6.07) is 0.132. The van der Waals surface area contributed by atoms with Gasteiger partial charge in [0.1, 0.15) is 0 Å². The molecule has 60 valence electrons. The predicted molar refractivity (Wildman–Crippen MR) is 40.2 cm³/mol. The number of hydrogen-bond acceptors (Lipinski definition) is 2. The van der Waals surface area contributed by atoms with E-state index >= 15 is 0 Å². The fraction of sp³-hybridized carbons (Fsp3) is 1.00. The second-order valence-electron chi connectivity index (χ2n) is 2.87. The van der Waals surface area contributed by atoms with Crippen molar-refractivity contribution in [2.75, 3.05) is 12.3 Å². The molecular formula is C6H13NO2S. The van der Waals surface area contributed by atoms with E-state index in [1.54, 1.807) is 4.31 Å². The van der Waals surface area contributed by atoms with Crippen molar-refractivity contribution in [3.05, 3.63) is 0 Å². The smallest absolute Gasteiger partial charge is 0.212 e. The van der Waals surface area contributed by atoms with Gasteiger partial charge in [-0.1, -0.05) is 0 Å². The van der Waals surface area contributed by atoms with Gasteiger partial charge in [0.05, 0.1) is 5.75 Å². The van der Waals surface area contributed by atoms with E-state index in [1.807, 2.05) is 13.8 Å². The highest BCUT2D eigenvalue weighted by atomic mass is 32.2. The monoisotopic (exact) mass is 163 g/mol. The van der Waals surface area contributed by atoms with Crippen LogP contribution in [0.15, 0.2) is 0 Å². The van der Waals surface area contributed by atoms with E-state index in [9.17, 15) is 8.42 Å². The molecule has 0 unspecified atom stereocenters. The Morgan fingerprint density at radius 3 is 2.20 bits per heavy atom. The van der Waals surface area contributed by atoms with E-state index in [0.29, 0.717) is 12.3 Å². The molecule has 0 aromatic rings. The molecular weight excluding hydrogens is 150 g/mol. The van der Waals surface area contributed by atoms with Gasteiger partial charge in [-0.2, -0.15) is 4.31 Å². The maximum atomic E-state index is 11.1. The van der Waals surface area contributed by atoms with Crippen molar-refractivity contribution in [3.63, 3.8) is 0 Å². The van der Waals surface area contributed by atoms with Crippen LogP contribution in [0.5, 0.6) is 0 Å². The van der Waals surface area contributed by atoms with Crippen LogP contribution in [0.2, 0.25) is 0 Å². The average molecular weight is 163 g/mol. The first-order valence-electron chi connectivity index (χ1n) is 3.53. The fourth-order valence-electron chi connectivity index (χ4n) is 1.24. The lowest BCUT2D eigenvalue weighted by molar-refractivity contribution is 0.381. The van der Waals surface area contributed by atoms with Crippen LogP contribution in [0.4, 0.5) is 0 Å². The van der Waals surface area contributed by atoms with Crippen molar-refractivity contribution < 1.29 is 8.42 Å². The molecule has 0 bridgehead atoms. The Balaban J connectivity index is 2.79. The highest BCUT2D eigenvalue weighted by Crippen LogP contribution is 2.15. The zero-order chi connectivity index (χ0) is 7.78. The summed E-state index contributed by atoms with van der Waals surface area (Å²) in [7, 11) is -2.85. The maximum Gasteiger partial charge on any atom is 0.214 e. The molecule has 0 aliphatic carbocycles. The van der Waals surface area contributed by atoms with Crippen LogP contribution in [0.25, 0.3) is 0 Å². The molecule has 3 nitrogen and oxygen atoms in total. The first-order valence-corrected chi connectivity index (χ1v) is 5.14. The molecule has 1 rings (SSSR count). The highest BCUT2D eigenvalue weighted by Gasteiger charge is 2.29. The normalized spacial score (nSPS) is 25.9. The Labute approximate surface area is 62.1 Å². The molecule has 0 spiro atoms. The van der Waals surface area contributed by atoms with Crippen molar-refractivity contribution in [2.24, 2.45) is 0 Å². The summed E-state index contributed by atoms with van der Waals surface area (Å²) in [5.74, 6) is 0.338. The van der Waals surface area contributed by atoms with Gasteiger partial charge in [-0.05, 0) is 20.3 Å². The molecule has 0 saturated carbocycles. The lowest BCUT2D eigenvalue weighted by Gasteiger charge is -2.17. The van der Waals surface area contributed by atoms with E-state index in [-0.39, 0.29) is 6.04 Å². The molecule has 1 saturated heterocycles. The zero-order valence-electron chi connectivity index (χ0n) is 6.37. The fourth-order valence-corrected chi connectivity index (χ4v) is 3.02. The second kappa shape index (κ2) is 2.51. The van der Waals surface area contributed by atoms with Crippen LogP contribution < -0.4 is 0 Å². The summed E-state index contributed by atoms with van der Waals surface area (Å²) in [4.78, 5) is 0. The van der Waals surface area contributed by atoms with Crippen LogP contribution in [-0.2, 0) is 10.0 Å². The maximum absolute atomic E-state index is 11.1. The highest BCUT2D eigenvalue weighted by molar-refractivity contribution is 7.89. The third kappa shape index (κ3) is 1.32. The molecule has 1 aliphatic rings. The molecule has 10 heavy (non-hydrogen) atoms. The molecule has 1 aliphatic heterocycles. The Morgan fingerprint density at radius 1 is 1.40 bits per heavy atom. The van der Waals surface area contributed by atoms with E-state index in [2.05, 4.69) is 0 Å². The van der Waals surface area contributed by atoms with Gasteiger partial charge >= 0.3 is 0 Å². The van der Waals surface area contributed by atoms with Crippen LogP contribution in [0, 0.1) is 0 Å². The number of nitrogens with zero attached hydrogens (tertiary/aromatic N) is 1. The first-order chi connectivity index (χ1) is 4.54. The Bertz CT molecular complexity index is 208. The van der Waals surface area contributed by atoms with Crippen LogP contribution in [-0.4, -0.2) is 31.1 Å². The topological polar surface area (TPSA) is 37.4 Å². The van der Waals surface area contributed by atoms with Gasteiger partial charge in [0, 0.05) is 12.6 Å². The first kappa shape index (κ1) is 8.01. The standard InChI is InChI=1S/C6H13NO2S/c1-6(2)7-4-3-5-10(7,8)9/h6H,3-5H2,1-2H3. The third-order valence-corrected chi connectivity index (χ3v) is 3.84. The number of sulfonamides is 1. The van der Waals surface area contributed by atoms with Gasteiger partial charge in [-0.25, -0.2) is 8.42 Å². The largest absolute Gasteiger partial charge is 0.214 e. The predicted octanol–water partition coefficient (Wildman–Crippen LogP) is 0.430. The Kier molecular flexibility index (Phi) is 2.01. The van der Waals surface area contributed by atoms with Gasteiger partial charge in [0.15, 0.2) is 0 Å².